The van der Waals surface area contributed by atoms with Crippen LogP contribution in [0.5, 0.6) is 0 Å². The van der Waals surface area contributed by atoms with Crippen LogP contribution in [0.4, 0.5) is 10.1 Å². The van der Waals surface area contributed by atoms with Gasteiger partial charge in [-0.05, 0) is 44.9 Å². The Kier molecular flexibility index (Phi) is 9.74. The number of anilines is 1. The zero-order valence-corrected chi connectivity index (χ0v) is 20.8. The summed E-state index contributed by atoms with van der Waals surface area (Å²) in [6.07, 6.45) is 3.28. The van der Waals surface area contributed by atoms with Crippen LogP contribution >= 0.6 is 11.6 Å². The third-order valence-corrected chi connectivity index (χ3v) is 5.74. The lowest BCUT2D eigenvalue weighted by molar-refractivity contribution is -0.134. The van der Waals surface area contributed by atoms with Crippen LogP contribution in [0, 0.1) is 0 Å². The lowest BCUT2D eigenvalue weighted by atomic mass is 9.92. The number of carbonyl (C=O) groups excluding carboxylic acids is 1. The summed E-state index contributed by atoms with van der Waals surface area (Å²) in [5, 5.41) is 29.1. The molecule has 12 heteroatoms. The predicted molar refractivity (Wildman–Crippen MR) is 134 cm³/mol. The lowest BCUT2D eigenvalue weighted by Gasteiger charge is -2.38. The van der Waals surface area contributed by atoms with Crippen LogP contribution in [0.15, 0.2) is 36.5 Å². The Morgan fingerprint density at radius 2 is 1.83 bits per heavy atom. The van der Waals surface area contributed by atoms with Crippen molar-refractivity contribution >= 4 is 46.0 Å². The summed E-state index contributed by atoms with van der Waals surface area (Å²) < 4.78 is 15.1. The number of hydrogen-bond donors (Lipinski definition) is 5. The van der Waals surface area contributed by atoms with Crippen molar-refractivity contribution in [3.63, 3.8) is 0 Å². The number of nitrogens with zero attached hydrogens (tertiary/aromatic N) is 2. The van der Waals surface area contributed by atoms with Crippen LogP contribution in [0.3, 0.4) is 0 Å². The molecule has 0 aliphatic carbocycles. The number of nitrogen functional groups attached to an aromatic ring is 1. The number of nitrogens with two attached hydrogens (primary N) is 1. The van der Waals surface area contributed by atoms with Crippen LogP contribution < -0.4 is 11.1 Å². The fourth-order valence-corrected chi connectivity index (χ4v) is 3.94. The van der Waals surface area contributed by atoms with Crippen molar-refractivity contribution in [2.45, 2.75) is 38.0 Å². The molecule has 0 spiro atoms. The number of β-amino-alcohol motifs (C(OH)–C–C–N with tert-alkyl or cyclic N) is 1. The van der Waals surface area contributed by atoms with E-state index in [0.29, 0.717) is 61.2 Å². The number of pyridine rings is 1. The van der Waals surface area contributed by atoms with E-state index in [4.69, 9.17) is 27.5 Å². The van der Waals surface area contributed by atoms with Gasteiger partial charge in [0.05, 0.1) is 33.9 Å². The Labute approximate surface area is 212 Å². The van der Waals surface area contributed by atoms with E-state index >= 15 is 4.39 Å². The summed E-state index contributed by atoms with van der Waals surface area (Å²) in [6.45, 7) is 4.96. The highest BCUT2D eigenvalue weighted by Crippen LogP contribution is 2.31. The molecule has 1 fully saturated rings. The van der Waals surface area contributed by atoms with Crippen LogP contribution in [-0.2, 0) is 9.59 Å². The summed E-state index contributed by atoms with van der Waals surface area (Å²) in [5.74, 6) is -2.94. The fourth-order valence-electron chi connectivity index (χ4n) is 3.72. The second kappa shape index (κ2) is 12.1. The van der Waals surface area contributed by atoms with Gasteiger partial charge in [-0.15, -0.1) is 0 Å². The number of benzene rings is 1. The Hall–Kier alpha value is -3.28. The van der Waals surface area contributed by atoms with Gasteiger partial charge in [0, 0.05) is 43.4 Å². The van der Waals surface area contributed by atoms with Crippen LogP contribution in [0.1, 0.15) is 37.0 Å². The molecule has 0 unspecified atom stereocenters. The van der Waals surface area contributed by atoms with E-state index < -0.39 is 29.1 Å². The standard InChI is InChI=1S/C20H26ClFN4O2.C4H4O4/c1-19(2,28)12-26-8-5-20(22,6-9-26)11-25-18(27)14-10-15(21)16(23)13-4-3-7-24-17(13)14;5-3(6)1-2-4(7)8/h3-4,7,10,28H,5-6,8-9,11-12,23H2,1-2H3,(H,25,27);1-2H,(H,5,6)(H,7,8)/b;2-1+. The number of carboxylic acids is 2. The lowest BCUT2D eigenvalue weighted by Crippen LogP contribution is -2.50. The summed E-state index contributed by atoms with van der Waals surface area (Å²) >= 11 is 6.15. The molecule has 2 aromatic rings. The number of likely N-dealkylation sites (tertiary alicyclic amines) is 1. The number of halogens is 2. The number of fused-ring (bicyclic) bond motifs is 1. The quantitative estimate of drug-likeness (QED) is 0.270. The number of carboxylic acid groups (broad SMARTS) is 2. The van der Waals surface area contributed by atoms with E-state index in [1.54, 1.807) is 32.2 Å². The van der Waals surface area contributed by atoms with Crippen LogP contribution in [-0.4, -0.2) is 80.5 Å². The van der Waals surface area contributed by atoms with Gasteiger partial charge in [-0.1, -0.05) is 11.6 Å². The van der Waals surface area contributed by atoms with Crippen molar-refractivity contribution in [1.29, 1.82) is 0 Å². The third-order valence-electron chi connectivity index (χ3n) is 5.42. The molecule has 1 aromatic heterocycles. The molecular formula is C24H30ClFN4O6. The molecule has 6 N–H and O–H groups in total. The smallest absolute Gasteiger partial charge is 0.328 e. The molecule has 1 saturated heterocycles. The molecule has 10 nitrogen and oxygen atoms in total. The van der Waals surface area contributed by atoms with E-state index in [2.05, 4.69) is 10.3 Å². The van der Waals surface area contributed by atoms with Gasteiger partial charge in [0.25, 0.3) is 5.91 Å². The molecule has 3 rings (SSSR count). The monoisotopic (exact) mass is 524 g/mol. The first kappa shape index (κ1) is 29.0. The normalized spacial score (nSPS) is 15.8. The number of amides is 1. The second-order valence-corrected chi connectivity index (χ2v) is 9.56. The van der Waals surface area contributed by atoms with Crippen molar-refractivity contribution in [3.05, 3.63) is 47.1 Å². The van der Waals surface area contributed by atoms with E-state index in [1.165, 1.54) is 6.07 Å². The summed E-state index contributed by atoms with van der Waals surface area (Å²) in [6, 6.07) is 4.93. The first-order valence-corrected chi connectivity index (χ1v) is 11.5. The maximum absolute atomic E-state index is 15.1. The highest BCUT2D eigenvalue weighted by Gasteiger charge is 2.36. The number of hydrogen-bond acceptors (Lipinski definition) is 7. The zero-order chi connectivity index (χ0) is 27.1. The highest BCUT2D eigenvalue weighted by molar-refractivity contribution is 6.35. The Morgan fingerprint density at radius 1 is 1.25 bits per heavy atom. The van der Waals surface area contributed by atoms with Gasteiger partial charge in [-0.3, -0.25) is 9.78 Å². The van der Waals surface area contributed by atoms with Gasteiger partial charge < -0.3 is 31.3 Å². The Morgan fingerprint density at radius 3 is 2.36 bits per heavy atom. The minimum atomic E-state index is -1.48. The van der Waals surface area contributed by atoms with Crippen LogP contribution in [0.2, 0.25) is 5.02 Å². The molecule has 0 bridgehead atoms. The van der Waals surface area contributed by atoms with Crippen molar-refractivity contribution in [2.75, 3.05) is 31.9 Å². The van der Waals surface area contributed by atoms with Crippen molar-refractivity contribution in [2.24, 2.45) is 0 Å². The summed E-state index contributed by atoms with van der Waals surface area (Å²) in [5.41, 5.74) is 4.76. The number of aliphatic carboxylic acids is 2. The minimum Gasteiger partial charge on any atom is -0.478 e. The van der Waals surface area contributed by atoms with Gasteiger partial charge in [-0.2, -0.15) is 0 Å². The number of aromatic nitrogens is 1. The first-order valence-electron chi connectivity index (χ1n) is 11.1. The average Bonchev–Trinajstić information content (AvgIpc) is 2.80. The molecule has 196 valence electrons. The van der Waals surface area contributed by atoms with Gasteiger partial charge in [0.1, 0.15) is 5.67 Å². The summed E-state index contributed by atoms with van der Waals surface area (Å²) in [4.78, 5) is 38.1. The molecule has 2 heterocycles. The van der Waals surface area contributed by atoms with E-state index in [0.717, 1.165) is 0 Å². The number of alkyl halides is 1. The number of carbonyl (C=O) groups is 3. The van der Waals surface area contributed by atoms with E-state index in [-0.39, 0.29) is 17.1 Å². The number of aliphatic hydroxyl groups is 1. The Bertz CT molecular complexity index is 1130. The average molecular weight is 525 g/mol. The maximum atomic E-state index is 15.1. The second-order valence-electron chi connectivity index (χ2n) is 9.15. The number of nitrogens with one attached hydrogen (secondary N) is 1. The highest BCUT2D eigenvalue weighted by atomic mass is 35.5. The zero-order valence-electron chi connectivity index (χ0n) is 20.0. The molecule has 1 amide bonds. The largest absolute Gasteiger partial charge is 0.478 e. The van der Waals surface area contributed by atoms with Crippen molar-refractivity contribution in [1.82, 2.24) is 15.2 Å². The van der Waals surface area contributed by atoms with Gasteiger partial charge in [-0.25, -0.2) is 14.0 Å². The molecule has 36 heavy (non-hydrogen) atoms. The Balaban J connectivity index is 0.000000493. The molecule has 0 saturated carbocycles. The van der Waals surface area contributed by atoms with Crippen molar-refractivity contribution < 1.29 is 34.1 Å². The molecule has 0 atom stereocenters. The summed E-state index contributed by atoms with van der Waals surface area (Å²) in [7, 11) is 0. The van der Waals surface area contributed by atoms with Gasteiger partial charge in [0.15, 0.2) is 0 Å². The molecule has 1 aliphatic rings. The number of piperidine rings is 1. The molecule has 1 aromatic carbocycles. The third kappa shape index (κ3) is 8.74. The van der Waals surface area contributed by atoms with Gasteiger partial charge in [0.2, 0.25) is 0 Å². The molecular weight excluding hydrogens is 495 g/mol. The predicted octanol–water partition coefficient (Wildman–Crippen LogP) is 2.49. The maximum Gasteiger partial charge on any atom is 0.328 e. The van der Waals surface area contributed by atoms with Crippen molar-refractivity contribution in [3.8, 4) is 0 Å². The topological polar surface area (TPSA) is 166 Å². The fraction of sp³-hybridized carbons (Fsp3) is 0.417. The molecule has 1 aliphatic heterocycles. The van der Waals surface area contributed by atoms with Gasteiger partial charge >= 0.3 is 11.9 Å². The van der Waals surface area contributed by atoms with E-state index in [1.807, 2.05) is 4.90 Å². The minimum absolute atomic E-state index is 0.0848. The van der Waals surface area contributed by atoms with E-state index in [9.17, 15) is 19.5 Å². The van der Waals surface area contributed by atoms with Crippen LogP contribution in [0.25, 0.3) is 10.9 Å². The molecule has 0 radical (unpaired) electrons. The first-order chi connectivity index (χ1) is 16.7. The SMILES string of the molecule is CC(C)(O)CN1CCC(F)(CNC(=O)c2cc(Cl)c(N)c3cccnc23)CC1.O=C(O)/C=C/C(=O)O. The number of rotatable bonds is 7.